The first-order valence-electron chi connectivity index (χ1n) is 9.78. The second-order valence-electron chi connectivity index (χ2n) is 7.51. The molecule has 0 aliphatic rings. The van der Waals surface area contributed by atoms with Gasteiger partial charge in [-0.2, -0.15) is 0 Å². The van der Waals surface area contributed by atoms with Gasteiger partial charge in [0.15, 0.2) is 6.61 Å². The van der Waals surface area contributed by atoms with Crippen LogP contribution in [0.25, 0.3) is 0 Å². The molecule has 0 aliphatic carbocycles. The Labute approximate surface area is 188 Å². The summed E-state index contributed by atoms with van der Waals surface area (Å²) < 4.78 is 32.2. The third-order valence-corrected chi connectivity index (χ3v) is 6.77. The molecule has 0 bridgehead atoms. The van der Waals surface area contributed by atoms with Crippen molar-refractivity contribution in [2.24, 2.45) is 0 Å². The van der Waals surface area contributed by atoms with Gasteiger partial charge < -0.3 is 9.64 Å². The van der Waals surface area contributed by atoms with Crippen LogP contribution in [-0.4, -0.2) is 50.9 Å². The van der Waals surface area contributed by atoms with E-state index in [1.165, 1.54) is 19.2 Å². The number of hydrogen-bond donors (Lipinski definition) is 0. The predicted molar refractivity (Wildman–Crippen MR) is 121 cm³/mol. The van der Waals surface area contributed by atoms with Crippen molar-refractivity contribution in [3.05, 3.63) is 59.1 Å². The second-order valence-corrected chi connectivity index (χ2v) is 9.89. The van der Waals surface area contributed by atoms with Crippen molar-refractivity contribution >= 4 is 39.2 Å². The minimum atomic E-state index is -3.94. The molecule has 0 unspecified atom stereocenters. The zero-order valence-electron chi connectivity index (χ0n) is 18.2. The van der Waals surface area contributed by atoms with Crippen LogP contribution in [0.3, 0.4) is 0 Å². The van der Waals surface area contributed by atoms with Crippen LogP contribution in [0.1, 0.15) is 38.1 Å². The number of nitrogens with zero attached hydrogens (tertiary/aromatic N) is 2. The number of carbonyl (C=O) groups is 2. The molecule has 0 saturated heterocycles. The molecule has 0 saturated carbocycles. The lowest BCUT2D eigenvalue weighted by atomic mass is 10.2. The summed E-state index contributed by atoms with van der Waals surface area (Å²) in [5, 5.41) is 0.0309. The summed E-state index contributed by atoms with van der Waals surface area (Å²) in [6, 6.07) is 12.2. The number of hydrogen-bond acceptors (Lipinski definition) is 5. The molecule has 0 aliphatic heterocycles. The number of halogens is 1. The maximum Gasteiger partial charge on any atom is 0.340 e. The van der Waals surface area contributed by atoms with Crippen LogP contribution in [0.2, 0.25) is 5.02 Å². The smallest absolute Gasteiger partial charge is 0.340 e. The third-order valence-electron chi connectivity index (χ3n) is 4.66. The lowest BCUT2D eigenvalue weighted by Gasteiger charge is -2.30. The molecular formula is C22H27ClN2O5S. The van der Waals surface area contributed by atoms with Crippen molar-refractivity contribution in [1.82, 2.24) is 4.90 Å². The Kier molecular flexibility index (Phi) is 8.08. The molecule has 0 aromatic heterocycles. The van der Waals surface area contributed by atoms with Crippen LogP contribution >= 0.6 is 11.6 Å². The standard InChI is InChI=1S/C22H27ClN2O5S/c1-15(2)25(16(3)4)21(26)14-30-22(27)19-13-18(11-12-20(19)23)31(28,29)24(5)17-9-7-6-8-10-17/h6-13,15-16H,14H2,1-5H3. The molecule has 7 nitrogen and oxygen atoms in total. The van der Waals surface area contributed by atoms with Crippen molar-refractivity contribution in [2.45, 2.75) is 44.7 Å². The number of benzene rings is 2. The van der Waals surface area contributed by atoms with Crippen LogP contribution in [0.4, 0.5) is 5.69 Å². The summed E-state index contributed by atoms with van der Waals surface area (Å²) in [7, 11) is -2.52. The summed E-state index contributed by atoms with van der Waals surface area (Å²) in [5.74, 6) is -1.22. The zero-order chi connectivity index (χ0) is 23.3. The molecule has 2 aromatic rings. The number of sulfonamides is 1. The Morgan fingerprint density at radius 1 is 1.00 bits per heavy atom. The molecule has 0 spiro atoms. The van der Waals surface area contributed by atoms with Gasteiger partial charge in [-0.3, -0.25) is 9.10 Å². The van der Waals surface area contributed by atoms with E-state index < -0.39 is 22.6 Å². The molecule has 0 radical (unpaired) electrons. The molecule has 2 aromatic carbocycles. The summed E-state index contributed by atoms with van der Waals surface area (Å²) in [4.78, 5) is 26.5. The fourth-order valence-corrected chi connectivity index (χ4v) is 4.62. The Bertz CT molecular complexity index is 1030. The molecule has 0 fully saturated rings. The summed E-state index contributed by atoms with van der Waals surface area (Å²) >= 11 is 6.11. The van der Waals surface area contributed by atoms with Crippen molar-refractivity contribution in [2.75, 3.05) is 18.0 Å². The fraction of sp³-hybridized carbons (Fsp3) is 0.364. The minimum Gasteiger partial charge on any atom is -0.452 e. The number of amides is 1. The van der Waals surface area contributed by atoms with Gasteiger partial charge in [0.05, 0.1) is 21.2 Å². The van der Waals surface area contributed by atoms with Gasteiger partial charge in [0, 0.05) is 19.1 Å². The van der Waals surface area contributed by atoms with E-state index in [1.807, 2.05) is 27.7 Å². The zero-order valence-corrected chi connectivity index (χ0v) is 19.8. The third kappa shape index (κ3) is 5.77. The van der Waals surface area contributed by atoms with Gasteiger partial charge in [-0.15, -0.1) is 0 Å². The number of anilines is 1. The highest BCUT2D eigenvalue weighted by molar-refractivity contribution is 7.92. The summed E-state index contributed by atoms with van der Waals surface area (Å²) in [6.45, 7) is 7.01. The molecule has 0 atom stereocenters. The van der Waals surface area contributed by atoms with E-state index in [-0.39, 0.29) is 33.5 Å². The Hall–Kier alpha value is -2.58. The number of rotatable bonds is 8. The van der Waals surface area contributed by atoms with Crippen molar-refractivity contribution in [3.63, 3.8) is 0 Å². The van der Waals surface area contributed by atoms with Gasteiger partial charge in [0.25, 0.3) is 15.9 Å². The monoisotopic (exact) mass is 466 g/mol. The molecule has 168 valence electrons. The highest BCUT2D eigenvalue weighted by Gasteiger charge is 2.26. The van der Waals surface area contributed by atoms with E-state index in [1.54, 1.807) is 35.2 Å². The molecule has 0 N–H and O–H groups in total. The van der Waals surface area contributed by atoms with E-state index >= 15 is 0 Å². The highest BCUT2D eigenvalue weighted by Crippen LogP contribution is 2.26. The number of ether oxygens (including phenoxy) is 1. The molecule has 1 amide bonds. The highest BCUT2D eigenvalue weighted by atomic mass is 35.5. The van der Waals surface area contributed by atoms with E-state index in [0.29, 0.717) is 5.69 Å². The predicted octanol–water partition coefficient (Wildman–Crippen LogP) is 3.97. The van der Waals surface area contributed by atoms with Gasteiger partial charge in [-0.25, -0.2) is 13.2 Å². The fourth-order valence-electron chi connectivity index (χ4n) is 3.21. The van der Waals surface area contributed by atoms with Crippen LogP contribution in [0.15, 0.2) is 53.4 Å². The molecular weight excluding hydrogens is 440 g/mol. The van der Waals surface area contributed by atoms with E-state index in [4.69, 9.17) is 16.3 Å². The van der Waals surface area contributed by atoms with Crippen LogP contribution < -0.4 is 4.31 Å². The van der Waals surface area contributed by atoms with Crippen molar-refractivity contribution < 1.29 is 22.7 Å². The van der Waals surface area contributed by atoms with E-state index in [9.17, 15) is 18.0 Å². The first kappa shape index (κ1) is 24.7. The number of esters is 1. The second kappa shape index (κ2) is 10.2. The maximum atomic E-state index is 13.0. The Balaban J connectivity index is 2.24. The van der Waals surface area contributed by atoms with Gasteiger partial charge in [-0.1, -0.05) is 29.8 Å². The van der Waals surface area contributed by atoms with E-state index in [2.05, 4.69) is 0 Å². The van der Waals surface area contributed by atoms with Gasteiger partial charge >= 0.3 is 5.97 Å². The largest absolute Gasteiger partial charge is 0.452 e. The van der Waals surface area contributed by atoms with Crippen LogP contribution in [0.5, 0.6) is 0 Å². The Morgan fingerprint density at radius 2 is 1.58 bits per heavy atom. The lowest BCUT2D eigenvalue weighted by Crippen LogP contribution is -2.44. The summed E-state index contributed by atoms with van der Waals surface area (Å²) in [5.41, 5.74) is 0.340. The van der Waals surface area contributed by atoms with Crippen LogP contribution in [0, 0.1) is 0 Å². The van der Waals surface area contributed by atoms with Gasteiger partial charge in [-0.05, 0) is 58.0 Å². The average Bonchev–Trinajstić information content (AvgIpc) is 2.71. The first-order valence-corrected chi connectivity index (χ1v) is 11.6. The Morgan fingerprint density at radius 3 is 2.13 bits per heavy atom. The lowest BCUT2D eigenvalue weighted by molar-refractivity contribution is -0.138. The van der Waals surface area contributed by atoms with Crippen LogP contribution in [-0.2, 0) is 19.6 Å². The molecule has 0 heterocycles. The van der Waals surface area contributed by atoms with E-state index in [0.717, 1.165) is 10.4 Å². The SMILES string of the molecule is CC(C)N(C(=O)COC(=O)c1cc(S(=O)(=O)N(C)c2ccccc2)ccc1Cl)C(C)C. The maximum absolute atomic E-state index is 13.0. The normalized spacial score (nSPS) is 11.5. The van der Waals surface area contributed by atoms with Gasteiger partial charge in [0.1, 0.15) is 0 Å². The quantitative estimate of drug-likeness (QED) is 0.549. The average molecular weight is 467 g/mol. The molecule has 9 heteroatoms. The molecule has 31 heavy (non-hydrogen) atoms. The topological polar surface area (TPSA) is 84.0 Å². The first-order chi connectivity index (χ1) is 14.5. The van der Waals surface area contributed by atoms with Crippen molar-refractivity contribution in [3.8, 4) is 0 Å². The van der Waals surface area contributed by atoms with Gasteiger partial charge in [0.2, 0.25) is 0 Å². The number of para-hydroxylation sites is 1. The minimum absolute atomic E-state index is 0.0309. The molecule has 2 rings (SSSR count). The number of carbonyl (C=O) groups excluding carboxylic acids is 2. The van der Waals surface area contributed by atoms with Crippen molar-refractivity contribution in [1.29, 1.82) is 0 Å². The summed E-state index contributed by atoms with van der Waals surface area (Å²) in [6.07, 6.45) is 0.